The predicted molar refractivity (Wildman–Crippen MR) is 71.8 cm³/mol. The van der Waals surface area contributed by atoms with Gasteiger partial charge in [0.1, 0.15) is 6.10 Å². The van der Waals surface area contributed by atoms with E-state index in [9.17, 15) is 5.11 Å². The highest BCUT2D eigenvalue weighted by atomic mass is 16.3. The van der Waals surface area contributed by atoms with E-state index in [-0.39, 0.29) is 6.10 Å². The van der Waals surface area contributed by atoms with Crippen LogP contribution in [0.3, 0.4) is 0 Å². The third kappa shape index (κ3) is 1.37. The molecule has 3 aliphatic rings. The highest BCUT2D eigenvalue weighted by Gasteiger charge is 2.49. The van der Waals surface area contributed by atoms with Crippen molar-refractivity contribution in [2.75, 3.05) is 0 Å². The second-order valence-electron chi connectivity index (χ2n) is 5.89. The van der Waals surface area contributed by atoms with Gasteiger partial charge in [-0.25, -0.2) is 0 Å². The predicted octanol–water partition coefficient (Wildman–Crippen LogP) is 3.49. The van der Waals surface area contributed by atoms with E-state index in [1.165, 1.54) is 18.4 Å². The van der Waals surface area contributed by atoms with Crippen molar-refractivity contribution < 1.29 is 5.11 Å². The van der Waals surface area contributed by atoms with Crippen LogP contribution < -0.4 is 0 Å². The van der Waals surface area contributed by atoms with Crippen LogP contribution in [0, 0.1) is 23.7 Å². The summed E-state index contributed by atoms with van der Waals surface area (Å²) in [5, 5.41) is 10.6. The molecule has 0 aliphatic heterocycles. The van der Waals surface area contributed by atoms with Gasteiger partial charge in [-0.2, -0.15) is 0 Å². The van der Waals surface area contributed by atoms with Crippen LogP contribution >= 0.6 is 0 Å². The number of benzene rings is 1. The molecule has 0 amide bonds. The summed E-state index contributed by atoms with van der Waals surface area (Å²) < 4.78 is 0. The van der Waals surface area contributed by atoms with E-state index in [4.69, 9.17) is 0 Å². The summed E-state index contributed by atoms with van der Waals surface area (Å²) in [6.07, 6.45) is 9.18. The second-order valence-corrected chi connectivity index (χ2v) is 5.89. The van der Waals surface area contributed by atoms with Gasteiger partial charge in [-0.3, -0.25) is 0 Å². The SMILES string of the molecule is OC(C1=C[C@@H]2C[C@H]1[C@H]1CC=C[C@@H]12)c1ccccc1. The van der Waals surface area contributed by atoms with Gasteiger partial charge in [-0.05, 0) is 47.6 Å². The van der Waals surface area contributed by atoms with Gasteiger partial charge < -0.3 is 5.11 Å². The van der Waals surface area contributed by atoms with Crippen molar-refractivity contribution in [1.82, 2.24) is 0 Å². The Balaban J connectivity index is 1.64. The lowest BCUT2D eigenvalue weighted by Gasteiger charge is -2.28. The molecule has 92 valence electrons. The molecular weight excluding hydrogens is 220 g/mol. The smallest absolute Gasteiger partial charge is 0.100 e. The van der Waals surface area contributed by atoms with Gasteiger partial charge >= 0.3 is 0 Å². The Morgan fingerprint density at radius 3 is 2.83 bits per heavy atom. The zero-order valence-corrected chi connectivity index (χ0v) is 10.4. The van der Waals surface area contributed by atoms with Crippen molar-refractivity contribution in [3.8, 4) is 0 Å². The zero-order chi connectivity index (χ0) is 12.1. The van der Waals surface area contributed by atoms with Gasteiger partial charge in [0, 0.05) is 0 Å². The molecule has 0 spiro atoms. The quantitative estimate of drug-likeness (QED) is 0.782. The number of fused-ring (bicyclic) bond motifs is 5. The summed E-state index contributed by atoms with van der Waals surface area (Å²) in [6, 6.07) is 10.1. The van der Waals surface area contributed by atoms with Crippen molar-refractivity contribution in [3.05, 3.63) is 59.7 Å². The highest BCUT2D eigenvalue weighted by molar-refractivity contribution is 5.35. The first-order valence-corrected chi connectivity index (χ1v) is 6.96. The van der Waals surface area contributed by atoms with Crippen LogP contribution in [0.4, 0.5) is 0 Å². The van der Waals surface area contributed by atoms with Crippen molar-refractivity contribution in [2.24, 2.45) is 23.7 Å². The molecule has 1 heteroatoms. The van der Waals surface area contributed by atoms with E-state index in [0.717, 1.165) is 17.4 Å². The summed E-state index contributed by atoms with van der Waals surface area (Å²) in [5.74, 6) is 2.84. The maximum absolute atomic E-state index is 10.6. The molecule has 2 bridgehead atoms. The number of allylic oxidation sites excluding steroid dienone is 3. The van der Waals surface area contributed by atoms with Gasteiger partial charge in [-0.15, -0.1) is 0 Å². The summed E-state index contributed by atoms with van der Waals surface area (Å²) in [6.45, 7) is 0. The van der Waals surface area contributed by atoms with E-state index >= 15 is 0 Å². The Morgan fingerprint density at radius 2 is 2.00 bits per heavy atom. The van der Waals surface area contributed by atoms with E-state index < -0.39 is 0 Å². The minimum atomic E-state index is -0.386. The van der Waals surface area contributed by atoms with E-state index in [0.29, 0.717) is 11.8 Å². The van der Waals surface area contributed by atoms with Crippen LogP contribution in [-0.2, 0) is 0 Å². The first kappa shape index (κ1) is 10.6. The molecule has 1 saturated carbocycles. The van der Waals surface area contributed by atoms with Crippen LogP contribution in [0.2, 0.25) is 0 Å². The molecule has 0 radical (unpaired) electrons. The number of hydrogen-bond donors (Lipinski definition) is 1. The molecule has 5 atom stereocenters. The largest absolute Gasteiger partial charge is 0.384 e. The van der Waals surface area contributed by atoms with E-state index in [2.05, 4.69) is 18.2 Å². The van der Waals surface area contributed by atoms with Crippen LogP contribution in [0.15, 0.2) is 54.1 Å². The van der Waals surface area contributed by atoms with Crippen molar-refractivity contribution in [3.63, 3.8) is 0 Å². The maximum Gasteiger partial charge on any atom is 0.100 e. The van der Waals surface area contributed by atoms with Gasteiger partial charge in [0.25, 0.3) is 0 Å². The highest BCUT2D eigenvalue weighted by Crippen LogP contribution is 2.57. The normalized spacial score (nSPS) is 37.7. The molecule has 1 aromatic rings. The molecule has 1 nitrogen and oxygen atoms in total. The van der Waals surface area contributed by atoms with Crippen LogP contribution in [-0.4, -0.2) is 5.11 Å². The van der Waals surface area contributed by atoms with Gasteiger partial charge in [0.05, 0.1) is 0 Å². The fourth-order valence-corrected chi connectivity index (χ4v) is 4.27. The standard InChI is InChI=1S/C17H18O/c18-17(11-5-2-1-3-6-11)16-10-12-9-15(16)14-8-4-7-13(12)14/h1-7,10,12-15,17-18H,8-9H2/t12-,13+,14-,15-,17?/m0/s1. The molecule has 4 rings (SSSR count). The monoisotopic (exact) mass is 238 g/mol. The Hall–Kier alpha value is -1.34. The summed E-state index contributed by atoms with van der Waals surface area (Å²) in [4.78, 5) is 0. The van der Waals surface area contributed by atoms with Gasteiger partial charge in [-0.1, -0.05) is 48.6 Å². The number of hydrogen-bond acceptors (Lipinski definition) is 1. The third-order valence-electron chi connectivity index (χ3n) is 5.06. The van der Waals surface area contributed by atoms with Crippen molar-refractivity contribution in [2.45, 2.75) is 18.9 Å². The van der Waals surface area contributed by atoms with E-state index in [1.807, 2.05) is 30.3 Å². The molecule has 1 N–H and O–H groups in total. The first-order valence-electron chi connectivity index (χ1n) is 6.96. The van der Waals surface area contributed by atoms with E-state index in [1.54, 1.807) is 0 Å². The van der Waals surface area contributed by atoms with Crippen LogP contribution in [0.5, 0.6) is 0 Å². The molecule has 0 saturated heterocycles. The lowest BCUT2D eigenvalue weighted by molar-refractivity contribution is 0.190. The molecule has 1 unspecified atom stereocenters. The third-order valence-corrected chi connectivity index (χ3v) is 5.06. The minimum absolute atomic E-state index is 0.386. The zero-order valence-electron chi connectivity index (χ0n) is 10.4. The maximum atomic E-state index is 10.6. The second kappa shape index (κ2) is 3.83. The van der Waals surface area contributed by atoms with Gasteiger partial charge in [0.2, 0.25) is 0 Å². The van der Waals surface area contributed by atoms with Crippen LogP contribution in [0.1, 0.15) is 24.5 Å². The molecule has 18 heavy (non-hydrogen) atoms. The average molecular weight is 238 g/mol. The summed E-state index contributed by atoms with van der Waals surface area (Å²) in [5.41, 5.74) is 2.33. The molecule has 3 aliphatic carbocycles. The van der Waals surface area contributed by atoms with Crippen molar-refractivity contribution >= 4 is 0 Å². The lowest BCUT2D eigenvalue weighted by atomic mass is 9.78. The number of aliphatic hydroxyl groups excluding tert-OH is 1. The molecule has 0 aromatic heterocycles. The Labute approximate surface area is 108 Å². The van der Waals surface area contributed by atoms with Gasteiger partial charge in [0.15, 0.2) is 0 Å². The Kier molecular flexibility index (Phi) is 2.25. The Bertz CT molecular complexity index is 514. The topological polar surface area (TPSA) is 20.2 Å². The molecule has 1 aromatic carbocycles. The fourth-order valence-electron chi connectivity index (χ4n) is 4.27. The van der Waals surface area contributed by atoms with Crippen LogP contribution in [0.25, 0.3) is 0 Å². The van der Waals surface area contributed by atoms with Crippen molar-refractivity contribution in [1.29, 1.82) is 0 Å². The average Bonchev–Trinajstić information content (AvgIpc) is 3.10. The lowest BCUT2D eigenvalue weighted by Crippen LogP contribution is -2.20. The molecule has 1 fully saturated rings. The number of rotatable bonds is 2. The number of aliphatic hydroxyl groups is 1. The fraction of sp³-hybridized carbons (Fsp3) is 0.412. The Morgan fingerprint density at radius 1 is 1.17 bits per heavy atom. The first-order chi connectivity index (χ1) is 8.84. The summed E-state index contributed by atoms with van der Waals surface area (Å²) >= 11 is 0. The summed E-state index contributed by atoms with van der Waals surface area (Å²) in [7, 11) is 0. The molecular formula is C17H18O. The minimum Gasteiger partial charge on any atom is -0.384 e. The molecule has 0 heterocycles.